The smallest absolute Gasteiger partial charge is 0.327 e. The van der Waals surface area contributed by atoms with Gasteiger partial charge in [-0.2, -0.15) is 0 Å². The third-order valence-electron chi connectivity index (χ3n) is 2.87. The fourth-order valence-electron chi connectivity index (χ4n) is 1.68. The average molecular weight is 288 g/mol. The predicted octanol–water partition coefficient (Wildman–Crippen LogP) is 3.47. The molecule has 0 aromatic heterocycles. The van der Waals surface area contributed by atoms with Crippen LogP contribution in [0, 0.1) is 5.82 Å². The normalized spacial score (nSPS) is 13.9. The minimum absolute atomic E-state index is 0.0464. The number of nitrogens with one attached hydrogen (secondary N) is 1. The van der Waals surface area contributed by atoms with Crippen molar-refractivity contribution in [3.8, 4) is 0 Å². The maximum Gasteiger partial charge on any atom is 0.327 e. The van der Waals surface area contributed by atoms with E-state index >= 15 is 0 Å². The summed E-state index contributed by atoms with van der Waals surface area (Å²) in [5, 5.41) is 3.27. The maximum absolute atomic E-state index is 13.9. The van der Waals surface area contributed by atoms with Crippen LogP contribution < -0.4 is 5.32 Å². The van der Waals surface area contributed by atoms with Crippen molar-refractivity contribution in [3.63, 3.8) is 0 Å². The molecular formula is C14H19ClFNO2. The zero-order valence-corrected chi connectivity index (χ0v) is 12.1. The highest BCUT2D eigenvalue weighted by Crippen LogP contribution is 2.27. The molecule has 2 unspecified atom stereocenters. The summed E-state index contributed by atoms with van der Waals surface area (Å²) in [5.41, 5.74) is 0.142. The molecule has 0 aliphatic carbocycles. The fourth-order valence-corrected chi connectivity index (χ4v) is 1.96. The second kappa shape index (κ2) is 7.46. The molecule has 0 aliphatic heterocycles. The molecular weight excluding hydrogens is 269 g/mol. The average Bonchev–Trinajstić information content (AvgIpc) is 2.37. The lowest BCUT2D eigenvalue weighted by Gasteiger charge is -2.22. The van der Waals surface area contributed by atoms with Gasteiger partial charge in [0.2, 0.25) is 0 Å². The number of ether oxygens (including phenoxy) is 1. The van der Waals surface area contributed by atoms with E-state index in [2.05, 4.69) is 5.32 Å². The molecule has 0 saturated carbocycles. The molecule has 106 valence electrons. The Balaban J connectivity index is 3.11. The second-order valence-corrected chi connectivity index (χ2v) is 4.70. The molecule has 1 N–H and O–H groups in total. The number of carbonyl (C=O) groups excluding carboxylic acids is 1. The van der Waals surface area contributed by atoms with Gasteiger partial charge in [0.1, 0.15) is 11.9 Å². The Morgan fingerprint density at radius 2 is 2.16 bits per heavy atom. The van der Waals surface area contributed by atoms with Gasteiger partial charge in [0.25, 0.3) is 0 Å². The van der Waals surface area contributed by atoms with Gasteiger partial charge in [-0.15, -0.1) is 0 Å². The first-order valence-electron chi connectivity index (χ1n) is 6.37. The highest BCUT2D eigenvalue weighted by Gasteiger charge is 2.28. The Morgan fingerprint density at radius 3 is 2.68 bits per heavy atom. The number of carbonyl (C=O) groups is 1. The molecule has 1 aromatic rings. The van der Waals surface area contributed by atoms with Crippen LogP contribution in [0.4, 0.5) is 4.39 Å². The summed E-state index contributed by atoms with van der Waals surface area (Å²) in [6, 6.07) is 3.51. The van der Waals surface area contributed by atoms with Crippen LogP contribution in [0.2, 0.25) is 5.02 Å². The van der Waals surface area contributed by atoms with Gasteiger partial charge in [0.15, 0.2) is 0 Å². The van der Waals surface area contributed by atoms with Crippen molar-refractivity contribution in [2.24, 2.45) is 0 Å². The summed E-state index contributed by atoms with van der Waals surface area (Å²) in [5.74, 6) is -1.03. The summed E-state index contributed by atoms with van der Waals surface area (Å²) in [4.78, 5) is 12.0. The second-order valence-electron chi connectivity index (χ2n) is 4.30. The maximum atomic E-state index is 13.9. The molecule has 0 spiro atoms. The van der Waals surface area contributed by atoms with Crippen LogP contribution in [-0.4, -0.2) is 18.6 Å². The molecule has 0 bridgehead atoms. The van der Waals surface area contributed by atoms with E-state index in [9.17, 15) is 9.18 Å². The number of rotatable bonds is 6. The molecule has 0 radical (unpaired) electrons. The van der Waals surface area contributed by atoms with Gasteiger partial charge in [-0.05, 0) is 32.4 Å². The zero-order valence-electron chi connectivity index (χ0n) is 11.4. The topological polar surface area (TPSA) is 38.3 Å². The number of benzene rings is 1. The molecule has 0 aliphatic rings. The first-order chi connectivity index (χ1) is 9.01. The minimum Gasteiger partial charge on any atom is -0.465 e. The Hall–Kier alpha value is -1.13. The van der Waals surface area contributed by atoms with Crippen molar-refractivity contribution in [2.75, 3.05) is 6.61 Å². The van der Waals surface area contributed by atoms with Gasteiger partial charge in [-0.3, -0.25) is 5.32 Å². The summed E-state index contributed by atoms with van der Waals surface area (Å²) >= 11 is 6.01. The first-order valence-corrected chi connectivity index (χ1v) is 6.75. The van der Waals surface area contributed by atoms with Gasteiger partial charge in [-0.1, -0.05) is 24.6 Å². The highest BCUT2D eigenvalue weighted by molar-refractivity contribution is 6.31. The highest BCUT2D eigenvalue weighted by atomic mass is 35.5. The van der Waals surface area contributed by atoms with E-state index in [1.165, 1.54) is 12.1 Å². The quantitative estimate of drug-likeness (QED) is 0.814. The lowest BCUT2D eigenvalue weighted by molar-refractivity contribution is -0.146. The van der Waals surface area contributed by atoms with E-state index in [-0.39, 0.29) is 23.2 Å². The van der Waals surface area contributed by atoms with Gasteiger partial charge in [0.05, 0.1) is 6.61 Å². The molecule has 5 heteroatoms. The molecule has 3 nitrogen and oxygen atoms in total. The third-order valence-corrected chi connectivity index (χ3v) is 3.20. The van der Waals surface area contributed by atoms with E-state index in [0.717, 1.165) is 6.42 Å². The van der Waals surface area contributed by atoms with Gasteiger partial charge in [0, 0.05) is 16.6 Å². The molecule has 2 atom stereocenters. The van der Waals surface area contributed by atoms with E-state index in [0.29, 0.717) is 0 Å². The van der Waals surface area contributed by atoms with Crippen LogP contribution in [-0.2, 0) is 9.53 Å². The minimum atomic E-state index is -0.886. The van der Waals surface area contributed by atoms with Crippen LogP contribution in [0.15, 0.2) is 18.2 Å². The summed E-state index contributed by atoms with van der Waals surface area (Å²) in [6.07, 6.45) is 0.808. The number of hydrogen-bond acceptors (Lipinski definition) is 3. The van der Waals surface area contributed by atoms with Crippen molar-refractivity contribution >= 4 is 17.6 Å². The van der Waals surface area contributed by atoms with Crippen LogP contribution in [0.3, 0.4) is 0 Å². The summed E-state index contributed by atoms with van der Waals surface area (Å²) < 4.78 is 18.9. The lowest BCUT2D eigenvalue weighted by Crippen LogP contribution is -2.36. The molecule has 0 amide bonds. The van der Waals surface area contributed by atoms with Gasteiger partial charge in [-0.25, -0.2) is 9.18 Å². The van der Waals surface area contributed by atoms with Crippen LogP contribution in [0.25, 0.3) is 0 Å². The van der Waals surface area contributed by atoms with E-state index in [1.54, 1.807) is 13.0 Å². The lowest BCUT2D eigenvalue weighted by atomic mass is 10.0. The van der Waals surface area contributed by atoms with E-state index in [1.807, 2.05) is 13.8 Å². The van der Waals surface area contributed by atoms with Crippen molar-refractivity contribution in [2.45, 2.75) is 39.3 Å². The SMILES string of the molecule is CCOC(=O)C(NC(C)CC)c1c(F)cccc1Cl. The fraction of sp³-hybridized carbons (Fsp3) is 0.500. The van der Waals surface area contributed by atoms with Crippen LogP contribution >= 0.6 is 11.6 Å². The Labute approximate surface area is 118 Å². The largest absolute Gasteiger partial charge is 0.465 e. The summed E-state index contributed by atoms with van der Waals surface area (Å²) in [7, 11) is 0. The van der Waals surface area contributed by atoms with Gasteiger partial charge < -0.3 is 4.74 Å². The summed E-state index contributed by atoms with van der Waals surface area (Å²) in [6.45, 7) is 5.84. The van der Waals surface area contributed by atoms with E-state index < -0.39 is 17.8 Å². The zero-order chi connectivity index (χ0) is 14.4. The first kappa shape index (κ1) is 15.9. The van der Waals surface area contributed by atoms with Crippen molar-refractivity contribution in [1.29, 1.82) is 0 Å². The monoisotopic (exact) mass is 287 g/mol. The molecule has 1 aromatic carbocycles. The Bertz CT molecular complexity index is 419. The Morgan fingerprint density at radius 1 is 1.47 bits per heavy atom. The van der Waals surface area contributed by atoms with Crippen molar-refractivity contribution in [3.05, 3.63) is 34.6 Å². The number of esters is 1. The standard InChI is InChI=1S/C14H19ClFNO2/c1-4-9(3)17-13(14(18)19-5-2)12-10(15)7-6-8-11(12)16/h6-9,13,17H,4-5H2,1-3H3. The predicted molar refractivity (Wildman–Crippen MR) is 73.7 cm³/mol. The number of hydrogen-bond donors (Lipinski definition) is 1. The van der Waals surface area contributed by atoms with Crippen molar-refractivity contribution in [1.82, 2.24) is 5.32 Å². The Kier molecular flexibility index (Phi) is 6.25. The number of halogens is 2. The molecule has 0 fully saturated rings. The third kappa shape index (κ3) is 4.18. The molecule has 1 rings (SSSR count). The van der Waals surface area contributed by atoms with Gasteiger partial charge >= 0.3 is 5.97 Å². The molecule has 0 heterocycles. The van der Waals surface area contributed by atoms with Crippen molar-refractivity contribution < 1.29 is 13.9 Å². The van der Waals surface area contributed by atoms with Crippen LogP contribution in [0.1, 0.15) is 38.8 Å². The van der Waals surface area contributed by atoms with E-state index in [4.69, 9.17) is 16.3 Å². The molecule has 0 saturated heterocycles. The molecule has 19 heavy (non-hydrogen) atoms. The van der Waals surface area contributed by atoms with Crippen LogP contribution in [0.5, 0.6) is 0 Å².